The molecule has 0 aliphatic heterocycles. The SMILES string of the molecule is CCOc1ccccc1NC(=O)CSc1nc2scc(-c3ccc4c(c3)CCCC4)c2c(=O)[nH]1. The molecule has 2 aromatic heterocycles. The van der Waals surface area contributed by atoms with Crippen LogP contribution in [0.3, 0.4) is 0 Å². The van der Waals surface area contributed by atoms with E-state index >= 15 is 0 Å². The van der Waals surface area contributed by atoms with E-state index in [0.29, 0.717) is 33.4 Å². The molecule has 0 radical (unpaired) electrons. The normalized spacial score (nSPS) is 13.0. The number of hydrogen-bond donors (Lipinski definition) is 2. The van der Waals surface area contributed by atoms with Crippen LogP contribution in [0.5, 0.6) is 5.75 Å². The van der Waals surface area contributed by atoms with E-state index in [4.69, 9.17) is 4.74 Å². The quantitative estimate of drug-likeness (QED) is 0.257. The van der Waals surface area contributed by atoms with Crippen molar-refractivity contribution < 1.29 is 9.53 Å². The Morgan fingerprint density at radius 1 is 1.18 bits per heavy atom. The van der Waals surface area contributed by atoms with E-state index < -0.39 is 0 Å². The highest BCUT2D eigenvalue weighted by molar-refractivity contribution is 7.99. The van der Waals surface area contributed by atoms with Gasteiger partial charge >= 0.3 is 0 Å². The van der Waals surface area contributed by atoms with Gasteiger partial charge in [-0.05, 0) is 61.4 Å². The van der Waals surface area contributed by atoms with Crippen LogP contribution in [-0.4, -0.2) is 28.2 Å². The highest BCUT2D eigenvalue weighted by atomic mass is 32.2. The van der Waals surface area contributed by atoms with E-state index in [9.17, 15) is 9.59 Å². The van der Waals surface area contributed by atoms with Crippen LogP contribution in [0, 0.1) is 0 Å². The molecule has 1 amide bonds. The van der Waals surface area contributed by atoms with E-state index in [-0.39, 0.29) is 17.2 Å². The molecule has 0 saturated heterocycles. The lowest BCUT2D eigenvalue weighted by molar-refractivity contribution is -0.113. The molecule has 1 aliphatic rings. The highest BCUT2D eigenvalue weighted by Gasteiger charge is 2.16. The van der Waals surface area contributed by atoms with Gasteiger partial charge in [-0.2, -0.15) is 0 Å². The fraction of sp³-hybridized carbons (Fsp3) is 0.269. The van der Waals surface area contributed by atoms with Crippen molar-refractivity contribution in [3.8, 4) is 16.9 Å². The number of anilines is 1. The molecule has 0 saturated carbocycles. The molecular formula is C26H25N3O3S2. The maximum Gasteiger partial charge on any atom is 0.260 e. The number of aryl methyl sites for hydroxylation is 2. The molecule has 1 aliphatic carbocycles. The Morgan fingerprint density at radius 3 is 2.85 bits per heavy atom. The lowest BCUT2D eigenvalue weighted by Crippen LogP contribution is -2.16. The first-order chi connectivity index (χ1) is 16.6. The van der Waals surface area contributed by atoms with Gasteiger partial charge < -0.3 is 15.0 Å². The number of ether oxygens (including phenoxy) is 1. The minimum absolute atomic E-state index is 0.123. The number of aromatic amines is 1. The van der Waals surface area contributed by atoms with Crippen molar-refractivity contribution in [1.82, 2.24) is 9.97 Å². The summed E-state index contributed by atoms with van der Waals surface area (Å²) in [5.74, 6) is 0.559. The van der Waals surface area contributed by atoms with Gasteiger partial charge in [-0.1, -0.05) is 42.1 Å². The van der Waals surface area contributed by atoms with Crippen molar-refractivity contribution in [3.05, 3.63) is 69.3 Å². The molecule has 174 valence electrons. The third-order valence-corrected chi connectivity index (χ3v) is 7.63. The van der Waals surface area contributed by atoms with Crippen LogP contribution in [0.1, 0.15) is 30.9 Å². The summed E-state index contributed by atoms with van der Waals surface area (Å²) in [6, 6.07) is 13.8. The summed E-state index contributed by atoms with van der Waals surface area (Å²) in [6.07, 6.45) is 4.69. The van der Waals surface area contributed by atoms with Crippen LogP contribution in [-0.2, 0) is 17.6 Å². The highest BCUT2D eigenvalue weighted by Crippen LogP contribution is 2.34. The second-order valence-electron chi connectivity index (χ2n) is 8.16. The maximum absolute atomic E-state index is 13.0. The van der Waals surface area contributed by atoms with Gasteiger partial charge in [0.15, 0.2) is 5.16 Å². The standard InChI is InChI=1S/C26H25N3O3S2/c1-2-32-21-10-6-5-9-20(21)27-22(30)15-34-26-28-24(31)23-19(14-33-25(23)29-26)18-12-11-16-7-3-4-8-17(16)13-18/h5-6,9-14H,2-4,7-8,15H2,1H3,(H,27,30)(H,28,29,31). The molecule has 34 heavy (non-hydrogen) atoms. The van der Waals surface area contributed by atoms with E-state index in [1.807, 2.05) is 30.5 Å². The molecule has 5 rings (SSSR count). The summed E-state index contributed by atoms with van der Waals surface area (Å²) in [5, 5.41) is 5.92. The lowest BCUT2D eigenvalue weighted by atomic mass is 9.89. The van der Waals surface area contributed by atoms with E-state index in [0.717, 1.165) is 24.0 Å². The number of nitrogens with one attached hydrogen (secondary N) is 2. The van der Waals surface area contributed by atoms with Crippen LogP contribution in [0.15, 0.2) is 57.8 Å². The van der Waals surface area contributed by atoms with Crippen LogP contribution in [0.2, 0.25) is 0 Å². The third kappa shape index (κ3) is 4.74. The first-order valence-corrected chi connectivity index (χ1v) is 13.3. The number of thioether (sulfide) groups is 1. The first-order valence-electron chi connectivity index (χ1n) is 11.4. The Morgan fingerprint density at radius 2 is 2.00 bits per heavy atom. The zero-order chi connectivity index (χ0) is 23.5. The van der Waals surface area contributed by atoms with E-state index in [1.54, 1.807) is 6.07 Å². The molecule has 6 nitrogen and oxygen atoms in total. The average Bonchev–Trinajstić information content (AvgIpc) is 3.28. The minimum atomic E-state index is -0.194. The van der Waals surface area contributed by atoms with Crippen molar-refractivity contribution in [1.29, 1.82) is 0 Å². The average molecular weight is 492 g/mol. The molecule has 4 aromatic rings. The Bertz CT molecular complexity index is 1410. The van der Waals surface area contributed by atoms with Crippen LogP contribution in [0.4, 0.5) is 5.69 Å². The monoisotopic (exact) mass is 491 g/mol. The maximum atomic E-state index is 13.0. The number of amides is 1. The number of thiophene rings is 1. The van der Waals surface area contributed by atoms with Gasteiger partial charge in [-0.25, -0.2) is 4.98 Å². The predicted octanol–water partition coefficient (Wildman–Crippen LogP) is 5.66. The molecule has 0 fully saturated rings. The lowest BCUT2D eigenvalue weighted by Gasteiger charge is -2.16. The minimum Gasteiger partial charge on any atom is -0.492 e. The Hall–Kier alpha value is -3.10. The molecule has 2 N–H and O–H groups in total. The molecule has 0 spiro atoms. The third-order valence-electron chi connectivity index (χ3n) is 5.88. The molecule has 2 heterocycles. The Balaban J connectivity index is 1.32. The molecule has 0 unspecified atom stereocenters. The molecule has 0 bridgehead atoms. The number of benzene rings is 2. The van der Waals surface area contributed by atoms with Gasteiger partial charge in [0.2, 0.25) is 5.91 Å². The number of carbonyl (C=O) groups excluding carboxylic acids is 1. The zero-order valence-electron chi connectivity index (χ0n) is 18.8. The summed E-state index contributed by atoms with van der Waals surface area (Å²) < 4.78 is 5.55. The summed E-state index contributed by atoms with van der Waals surface area (Å²) in [7, 11) is 0. The van der Waals surface area contributed by atoms with Crippen LogP contribution < -0.4 is 15.6 Å². The number of nitrogens with zero attached hydrogens (tertiary/aromatic N) is 1. The summed E-state index contributed by atoms with van der Waals surface area (Å²) in [6.45, 7) is 2.41. The van der Waals surface area contributed by atoms with Crippen LogP contribution >= 0.6 is 23.1 Å². The van der Waals surface area contributed by atoms with Crippen molar-refractivity contribution in [2.45, 2.75) is 37.8 Å². The number of aromatic nitrogens is 2. The smallest absolute Gasteiger partial charge is 0.260 e. The molecule has 2 aromatic carbocycles. The van der Waals surface area contributed by atoms with Crippen LogP contribution in [0.25, 0.3) is 21.3 Å². The largest absolute Gasteiger partial charge is 0.492 e. The number of para-hydroxylation sites is 2. The van der Waals surface area contributed by atoms with Gasteiger partial charge in [0.05, 0.1) is 23.4 Å². The summed E-state index contributed by atoms with van der Waals surface area (Å²) in [4.78, 5) is 33.6. The predicted molar refractivity (Wildman–Crippen MR) is 139 cm³/mol. The van der Waals surface area contributed by atoms with Gasteiger partial charge in [0.1, 0.15) is 10.6 Å². The van der Waals surface area contributed by atoms with E-state index in [1.165, 1.54) is 47.1 Å². The first kappa shape index (κ1) is 22.7. The second kappa shape index (κ2) is 10.0. The van der Waals surface area contributed by atoms with Gasteiger partial charge in [0, 0.05) is 10.9 Å². The van der Waals surface area contributed by atoms with E-state index in [2.05, 4.69) is 33.5 Å². The molecular weight excluding hydrogens is 466 g/mol. The number of fused-ring (bicyclic) bond motifs is 2. The fourth-order valence-corrected chi connectivity index (χ4v) is 5.95. The van der Waals surface area contributed by atoms with Gasteiger partial charge in [-0.15, -0.1) is 11.3 Å². The topological polar surface area (TPSA) is 84.1 Å². The summed E-state index contributed by atoms with van der Waals surface area (Å²) >= 11 is 2.66. The Kier molecular flexibility index (Phi) is 6.69. The van der Waals surface area contributed by atoms with Crippen molar-refractivity contribution in [3.63, 3.8) is 0 Å². The molecule has 8 heteroatoms. The zero-order valence-corrected chi connectivity index (χ0v) is 20.5. The second-order valence-corrected chi connectivity index (χ2v) is 9.98. The van der Waals surface area contributed by atoms with Crippen molar-refractivity contribution in [2.75, 3.05) is 17.7 Å². The Labute approximate surface area is 205 Å². The van der Waals surface area contributed by atoms with Crippen molar-refractivity contribution >= 4 is 44.9 Å². The number of hydrogen-bond acceptors (Lipinski definition) is 6. The number of carbonyl (C=O) groups is 1. The fourth-order valence-electron chi connectivity index (χ4n) is 4.28. The summed E-state index contributed by atoms with van der Waals surface area (Å²) in [5.41, 5.74) is 5.23. The van der Waals surface area contributed by atoms with Crippen molar-refractivity contribution in [2.24, 2.45) is 0 Å². The molecule has 0 atom stereocenters. The van der Waals surface area contributed by atoms with Gasteiger partial charge in [0.25, 0.3) is 5.56 Å². The number of H-pyrrole nitrogens is 1. The van der Waals surface area contributed by atoms with Gasteiger partial charge in [-0.3, -0.25) is 9.59 Å². The number of rotatable bonds is 7.